The zero-order chi connectivity index (χ0) is 40.9. The molecule has 5 aromatic rings. The summed E-state index contributed by atoms with van der Waals surface area (Å²) in [5.41, 5.74) is 3.09. The lowest BCUT2D eigenvalue weighted by Crippen LogP contribution is -2.46. The maximum absolute atomic E-state index is 15.1. The number of nitrogens with one attached hydrogen (secondary N) is 1. The molecule has 0 aromatic heterocycles. The number of aliphatic hydroxyl groups excluding tert-OH is 1. The summed E-state index contributed by atoms with van der Waals surface area (Å²) in [6, 6.07) is 33.1. The number of hydrogen-bond donors (Lipinski definition) is 2. The van der Waals surface area contributed by atoms with Gasteiger partial charge in [-0.15, -0.1) is 0 Å². The van der Waals surface area contributed by atoms with Gasteiger partial charge in [-0.25, -0.2) is 23.3 Å². The van der Waals surface area contributed by atoms with Crippen molar-refractivity contribution in [1.82, 2.24) is 4.90 Å². The van der Waals surface area contributed by atoms with Crippen LogP contribution < -0.4 is 14.8 Å². The van der Waals surface area contributed by atoms with Crippen LogP contribution in [-0.2, 0) is 32.1 Å². The average Bonchev–Trinajstić information content (AvgIpc) is 3.61. The summed E-state index contributed by atoms with van der Waals surface area (Å²) in [6.45, 7) is 3.26. The van der Waals surface area contributed by atoms with Gasteiger partial charge in [-0.1, -0.05) is 85.5 Å². The number of aliphatic hydroxyl groups is 1. The van der Waals surface area contributed by atoms with Crippen molar-refractivity contribution >= 4 is 23.7 Å². The average molecular weight is 791 g/mol. The van der Waals surface area contributed by atoms with E-state index in [9.17, 15) is 23.5 Å². The SMILES string of the molecule is C=CCOC(=O)COc1ccc([C@@H](Nc2ccc(F)cc2)[C@@H](CC[C@H](O)c2ccc(F)cc2)C(=O)N2C(=O)OC[C@@H]2Cc2ccccc2)c(OCc2ccccc2)c1. The summed E-state index contributed by atoms with van der Waals surface area (Å²) in [6.07, 6.45) is -0.0697. The van der Waals surface area contributed by atoms with Gasteiger partial charge in [0.1, 0.15) is 43.0 Å². The van der Waals surface area contributed by atoms with Crippen LogP contribution in [0.1, 0.15) is 47.2 Å². The second-order valence-corrected chi connectivity index (χ2v) is 13.7. The number of carbonyl (C=O) groups excluding carboxylic acids is 3. The summed E-state index contributed by atoms with van der Waals surface area (Å²) in [5, 5.41) is 14.8. The molecule has 4 atom stereocenters. The number of rotatable bonds is 19. The van der Waals surface area contributed by atoms with Crippen molar-refractivity contribution in [3.63, 3.8) is 0 Å². The standard InChI is InChI=1S/C46H44F2N2O8/c1-2-25-55-43(52)30-56-38-21-22-39(42(27-38)57-28-32-11-7-4-8-12-32)44(49-36-19-17-35(48)18-20-36)40(23-24-41(51)33-13-15-34(47)16-14-33)45(53)50-37(29-58-46(50)54)26-31-9-5-3-6-10-31/h2-22,27,37,40-41,44,49,51H,1,23-26,28-30H2/t37-,40+,41-,44+/m0/s1. The van der Waals surface area contributed by atoms with E-state index in [1.807, 2.05) is 60.7 Å². The topological polar surface area (TPSA) is 124 Å². The van der Waals surface area contributed by atoms with Crippen LogP contribution in [0.2, 0.25) is 0 Å². The number of ether oxygens (including phenoxy) is 4. The summed E-state index contributed by atoms with van der Waals surface area (Å²) in [4.78, 5) is 42.0. The highest BCUT2D eigenvalue weighted by Crippen LogP contribution is 2.41. The lowest BCUT2D eigenvalue weighted by atomic mass is 9.85. The fourth-order valence-electron chi connectivity index (χ4n) is 6.75. The van der Waals surface area contributed by atoms with Crippen LogP contribution in [0.3, 0.4) is 0 Å². The molecule has 1 heterocycles. The lowest BCUT2D eigenvalue weighted by molar-refractivity contribution is -0.144. The van der Waals surface area contributed by atoms with E-state index < -0.39 is 60.3 Å². The van der Waals surface area contributed by atoms with Crippen molar-refractivity contribution in [2.24, 2.45) is 5.92 Å². The van der Waals surface area contributed by atoms with Crippen LogP contribution in [0.15, 0.2) is 140 Å². The van der Waals surface area contributed by atoms with Gasteiger partial charge in [-0.3, -0.25) is 4.79 Å². The van der Waals surface area contributed by atoms with E-state index in [-0.39, 0.29) is 44.2 Å². The number of esters is 1. The van der Waals surface area contributed by atoms with Crippen molar-refractivity contribution in [2.75, 3.05) is 25.1 Å². The molecule has 1 aliphatic rings. The Bertz CT molecular complexity index is 2140. The van der Waals surface area contributed by atoms with Crippen LogP contribution in [0, 0.1) is 17.6 Å². The summed E-state index contributed by atoms with van der Waals surface area (Å²) < 4.78 is 50.8. The zero-order valence-electron chi connectivity index (χ0n) is 31.7. The van der Waals surface area contributed by atoms with Crippen molar-refractivity contribution < 1.29 is 47.2 Å². The fourth-order valence-corrected chi connectivity index (χ4v) is 6.75. The number of benzene rings is 5. The highest BCUT2D eigenvalue weighted by Gasteiger charge is 2.44. The number of anilines is 1. The van der Waals surface area contributed by atoms with Gasteiger partial charge in [-0.2, -0.15) is 0 Å². The number of amides is 2. The van der Waals surface area contributed by atoms with Crippen molar-refractivity contribution in [1.29, 1.82) is 0 Å². The van der Waals surface area contributed by atoms with E-state index in [0.29, 0.717) is 23.2 Å². The van der Waals surface area contributed by atoms with Crippen molar-refractivity contribution in [3.8, 4) is 11.5 Å². The molecule has 2 amide bonds. The highest BCUT2D eigenvalue weighted by molar-refractivity contribution is 5.95. The number of carbonyl (C=O) groups is 3. The normalized spacial score (nSPS) is 15.1. The minimum absolute atomic E-state index is 0.0175. The van der Waals surface area contributed by atoms with Crippen LogP contribution >= 0.6 is 0 Å². The molecule has 6 rings (SSSR count). The second-order valence-electron chi connectivity index (χ2n) is 13.7. The minimum atomic E-state index is -1.10. The van der Waals surface area contributed by atoms with Gasteiger partial charge in [0, 0.05) is 17.3 Å². The van der Waals surface area contributed by atoms with Crippen LogP contribution in [0.5, 0.6) is 11.5 Å². The Morgan fingerprint density at radius 2 is 1.52 bits per heavy atom. The second kappa shape index (κ2) is 20.1. The van der Waals surface area contributed by atoms with Gasteiger partial charge >= 0.3 is 12.1 Å². The first-order chi connectivity index (χ1) is 28.2. The third kappa shape index (κ3) is 11.1. The molecule has 58 heavy (non-hydrogen) atoms. The summed E-state index contributed by atoms with van der Waals surface area (Å²) in [7, 11) is 0. The monoisotopic (exact) mass is 790 g/mol. The van der Waals surface area contributed by atoms with Gasteiger partial charge in [-0.05, 0) is 84.5 Å². The maximum Gasteiger partial charge on any atom is 0.416 e. The van der Waals surface area contributed by atoms with E-state index in [4.69, 9.17) is 18.9 Å². The predicted molar refractivity (Wildman–Crippen MR) is 213 cm³/mol. The quantitative estimate of drug-likeness (QED) is 0.0626. The third-order valence-corrected chi connectivity index (χ3v) is 9.68. The molecule has 300 valence electrons. The smallest absolute Gasteiger partial charge is 0.416 e. The maximum atomic E-state index is 15.1. The zero-order valence-corrected chi connectivity index (χ0v) is 31.7. The van der Waals surface area contributed by atoms with Crippen LogP contribution in [0.25, 0.3) is 0 Å². The molecule has 1 fully saturated rings. The van der Waals surface area contributed by atoms with E-state index in [1.54, 1.807) is 18.2 Å². The Balaban J connectivity index is 1.42. The Labute approximate surface area is 335 Å². The molecule has 1 aliphatic heterocycles. The molecule has 0 aliphatic carbocycles. The van der Waals surface area contributed by atoms with Gasteiger partial charge in [0.2, 0.25) is 5.91 Å². The number of cyclic esters (lactones) is 1. The Morgan fingerprint density at radius 3 is 2.19 bits per heavy atom. The molecule has 5 aromatic carbocycles. The van der Waals surface area contributed by atoms with Crippen molar-refractivity contribution in [3.05, 3.63) is 174 Å². The largest absolute Gasteiger partial charge is 0.488 e. The van der Waals surface area contributed by atoms with Crippen LogP contribution in [0.4, 0.5) is 19.3 Å². The molecule has 0 saturated carbocycles. The van der Waals surface area contributed by atoms with E-state index in [2.05, 4.69) is 11.9 Å². The molecule has 0 unspecified atom stereocenters. The van der Waals surface area contributed by atoms with Crippen molar-refractivity contribution in [2.45, 2.75) is 44.1 Å². The number of nitrogens with zero attached hydrogens (tertiary/aromatic N) is 1. The summed E-state index contributed by atoms with van der Waals surface area (Å²) >= 11 is 0. The minimum Gasteiger partial charge on any atom is -0.488 e. The number of imide groups is 1. The third-order valence-electron chi connectivity index (χ3n) is 9.68. The molecule has 10 nitrogen and oxygen atoms in total. The molecular formula is C46H44F2N2O8. The molecule has 0 radical (unpaired) electrons. The Hall–Kier alpha value is -6.53. The van der Waals surface area contributed by atoms with E-state index in [0.717, 1.165) is 16.0 Å². The highest BCUT2D eigenvalue weighted by atomic mass is 19.1. The molecule has 0 bridgehead atoms. The number of halogens is 2. The molecular weight excluding hydrogens is 747 g/mol. The molecule has 0 spiro atoms. The Kier molecular flexibility index (Phi) is 14.2. The van der Waals surface area contributed by atoms with E-state index >= 15 is 4.79 Å². The van der Waals surface area contributed by atoms with Gasteiger partial charge < -0.3 is 29.4 Å². The Morgan fingerprint density at radius 1 is 0.862 bits per heavy atom. The summed E-state index contributed by atoms with van der Waals surface area (Å²) in [5.74, 6) is -2.66. The van der Waals surface area contributed by atoms with Gasteiger partial charge in [0.25, 0.3) is 0 Å². The first-order valence-electron chi connectivity index (χ1n) is 18.9. The van der Waals surface area contributed by atoms with Gasteiger partial charge in [0.05, 0.1) is 24.1 Å². The first kappa shape index (κ1) is 41.1. The lowest BCUT2D eigenvalue weighted by Gasteiger charge is -2.33. The van der Waals surface area contributed by atoms with Crippen LogP contribution in [-0.4, -0.2) is 53.8 Å². The molecule has 1 saturated heterocycles. The van der Waals surface area contributed by atoms with Gasteiger partial charge in [0.15, 0.2) is 6.61 Å². The molecule has 12 heteroatoms. The first-order valence-corrected chi connectivity index (χ1v) is 18.9. The van der Waals surface area contributed by atoms with E-state index in [1.165, 1.54) is 54.6 Å². The fraction of sp³-hybridized carbons (Fsp3) is 0.239. The molecule has 2 N–H and O–H groups in total. The number of hydrogen-bond acceptors (Lipinski definition) is 9. The predicted octanol–water partition coefficient (Wildman–Crippen LogP) is 8.53.